The van der Waals surface area contributed by atoms with Gasteiger partial charge in [0.15, 0.2) is 0 Å². The van der Waals surface area contributed by atoms with Crippen LogP contribution in [0.2, 0.25) is 0 Å². The van der Waals surface area contributed by atoms with E-state index in [0.29, 0.717) is 97.2 Å². The topological polar surface area (TPSA) is 255 Å². The average Bonchev–Trinajstić information content (AvgIpc) is 0.823. The second-order valence-corrected chi connectivity index (χ2v) is 41.6. The van der Waals surface area contributed by atoms with Gasteiger partial charge in [0.05, 0.1) is 89.1 Å². The monoisotopic (exact) mass is 1670 g/mol. The molecule has 20 nitrogen and oxygen atoms in total. The summed E-state index contributed by atoms with van der Waals surface area (Å²) >= 11 is 0. The number of esters is 8. The van der Waals surface area contributed by atoms with Crippen LogP contribution in [0.25, 0.3) is 0 Å². The SMILES string of the molecule is CCC(C)(C)C(=O)NCCCN1CCCCC1.CCC(C)(C)C(=O)OCCNC(C)(C)C.CCCCCCCC(C)OC(=O)C(C)(C)CC.CCCCOC(=O)C(C)(C)CC(C)(CC)C(=O)OCC(C)(C)C.CCCCOC(=O)C(C)(C)CC(C)(CC)C(=O)OCC(C)(C)C.CCCCOC(=O)C(C)(CC)CC(C)(C)C(=O)OCC(C)C. The standard InChI is InChI=1S/2C19H36O4.C18H34O4.C15H30O2.C14H28N2O.C12H25NO2/c2*1-9-11-12-22-15(20)18(6,7)13-19(8,10-2)16(21)23-14-17(3,4)5;1-8-10-11-21-16(20)18(7,9-2)13-17(5,6)15(19)22-12-14(3)4;1-6-8-9-10-11-12-13(3)17-14(16)15(4,5)7-2;1-4-14(2,3)13(17)15-9-8-12-16-10-6-5-7-11-16;1-7-12(5,6)10(14)15-9-8-13-11(2,3)4/h2*9-14H2,1-8H3;14H,8-13H2,1-7H3;13H,6-12H2,1-5H3;4-12H2,1-3H3,(H,15,17);13H,7-9H2,1-6H3. The van der Waals surface area contributed by atoms with Crippen molar-refractivity contribution in [1.29, 1.82) is 0 Å². The molecule has 1 aliphatic heterocycles. The lowest BCUT2D eigenvalue weighted by Crippen LogP contribution is -2.39. The Balaban J connectivity index is -0.000000432. The predicted molar refractivity (Wildman–Crippen MR) is 482 cm³/mol. The third-order valence-corrected chi connectivity index (χ3v) is 21.8. The average molecular weight is 1670 g/mol. The Morgan fingerprint density at radius 1 is 0.333 bits per heavy atom. The largest absolute Gasteiger partial charge is 0.465 e. The van der Waals surface area contributed by atoms with E-state index >= 15 is 0 Å². The molecule has 0 aliphatic carbocycles. The Hall–Kier alpha value is -4.85. The van der Waals surface area contributed by atoms with E-state index in [4.69, 9.17) is 37.9 Å². The molecule has 1 fully saturated rings. The number of rotatable bonds is 48. The molecule has 1 heterocycles. The van der Waals surface area contributed by atoms with Crippen molar-refractivity contribution in [2.24, 2.45) is 65.5 Å². The third kappa shape index (κ3) is 58.0. The van der Waals surface area contributed by atoms with Crippen molar-refractivity contribution < 1.29 is 81.0 Å². The molecule has 0 saturated carbocycles. The van der Waals surface area contributed by atoms with Crippen molar-refractivity contribution in [1.82, 2.24) is 15.5 Å². The minimum absolute atomic E-state index is 0.0546. The normalized spacial score (nSPS) is 14.8. The van der Waals surface area contributed by atoms with Crippen LogP contribution in [0.1, 0.15) is 417 Å². The van der Waals surface area contributed by atoms with E-state index in [-0.39, 0.29) is 92.4 Å². The second-order valence-electron chi connectivity index (χ2n) is 41.6. The molecule has 0 aromatic heterocycles. The van der Waals surface area contributed by atoms with E-state index in [0.717, 1.165) is 83.7 Å². The fourth-order valence-corrected chi connectivity index (χ4v) is 11.6. The molecule has 1 aliphatic rings. The Kier molecular flexibility index (Phi) is 61.7. The van der Waals surface area contributed by atoms with E-state index in [2.05, 4.69) is 70.9 Å². The first kappa shape index (κ1) is 121. The summed E-state index contributed by atoms with van der Waals surface area (Å²) in [5.41, 5.74) is -5.12. The number of unbranched alkanes of at least 4 members (excludes halogenated alkanes) is 7. The summed E-state index contributed by atoms with van der Waals surface area (Å²) in [6.07, 6.45) is 23.8. The lowest BCUT2D eigenvalue weighted by molar-refractivity contribution is -0.166. The number of carbonyl (C=O) groups excluding carboxylic acids is 9. The van der Waals surface area contributed by atoms with Crippen LogP contribution in [0.3, 0.4) is 0 Å². The molecule has 0 aromatic rings. The number of amides is 1. The first-order valence-corrected chi connectivity index (χ1v) is 45.7. The van der Waals surface area contributed by atoms with Crippen LogP contribution in [0.15, 0.2) is 0 Å². The summed E-state index contributed by atoms with van der Waals surface area (Å²) in [6, 6.07) is 0. The van der Waals surface area contributed by atoms with Crippen molar-refractivity contribution in [2.45, 2.75) is 428 Å². The maximum atomic E-state index is 12.5. The van der Waals surface area contributed by atoms with Crippen LogP contribution >= 0.6 is 0 Å². The van der Waals surface area contributed by atoms with Crippen LogP contribution < -0.4 is 10.6 Å². The van der Waals surface area contributed by atoms with Gasteiger partial charge < -0.3 is 53.4 Å². The lowest BCUT2D eigenvalue weighted by Gasteiger charge is -2.34. The highest BCUT2D eigenvalue weighted by Gasteiger charge is 2.46. The summed E-state index contributed by atoms with van der Waals surface area (Å²) in [5, 5.41) is 6.32. The van der Waals surface area contributed by atoms with Crippen molar-refractivity contribution in [2.75, 3.05) is 79.0 Å². The van der Waals surface area contributed by atoms with E-state index < -0.39 is 32.5 Å². The Morgan fingerprint density at radius 3 is 1.01 bits per heavy atom. The van der Waals surface area contributed by atoms with Crippen LogP contribution in [0, 0.1) is 65.5 Å². The van der Waals surface area contributed by atoms with Crippen LogP contribution in [0.4, 0.5) is 0 Å². The zero-order chi connectivity index (χ0) is 92.2. The van der Waals surface area contributed by atoms with Gasteiger partial charge in [-0.2, -0.15) is 0 Å². The van der Waals surface area contributed by atoms with Gasteiger partial charge in [-0.1, -0.05) is 190 Å². The molecule has 1 rings (SSSR count). The second kappa shape index (κ2) is 59.8. The smallest absolute Gasteiger partial charge is 0.311 e. The number of hydrogen-bond acceptors (Lipinski definition) is 19. The first-order valence-electron chi connectivity index (χ1n) is 45.7. The van der Waals surface area contributed by atoms with E-state index in [1.54, 1.807) is 0 Å². The maximum Gasteiger partial charge on any atom is 0.311 e. The molecule has 0 aromatic carbocycles. The van der Waals surface area contributed by atoms with Gasteiger partial charge in [0.2, 0.25) is 5.91 Å². The van der Waals surface area contributed by atoms with Gasteiger partial charge in [-0.05, 0) is 263 Å². The number of nitrogens with zero attached hydrogens (tertiary/aromatic N) is 1. The van der Waals surface area contributed by atoms with Crippen molar-refractivity contribution in [3.63, 3.8) is 0 Å². The van der Waals surface area contributed by atoms with E-state index in [9.17, 15) is 43.2 Å². The summed E-state index contributed by atoms with van der Waals surface area (Å²) < 4.78 is 43.1. The molecule has 0 radical (unpaired) electrons. The molecule has 4 unspecified atom stereocenters. The lowest BCUT2D eigenvalue weighted by atomic mass is 9.72. The number of likely N-dealkylation sites (tertiary alicyclic amines) is 1. The molecule has 1 amide bonds. The van der Waals surface area contributed by atoms with Crippen LogP contribution in [-0.4, -0.2) is 149 Å². The Bertz CT molecular complexity index is 2650. The fourth-order valence-electron chi connectivity index (χ4n) is 11.6. The molecule has 694 valence electrons. The van der Waals surface area contributed by atoms with Gasteiger partial charge in [0.25, 0.3) is 0 Å². The highest BCUT2D eigenvalue weighted by molar-refractivity contribution is 5.83. The molecule has 0 bridgehead atoms. The predicted octanol–water partition coefficient (Wildman–Crippen LogP) is 23.3. The highest BCUT2D eigenvalue weighted by atomic mass is 16.6. The summed E-state index contributed by atoms with van der Waals surface area (Å²) in [7, 11) is 0. The quantitative estimate of drug-likeness (QED) is 0.0326. The minimum atomic E-state index is -0.709. The molecule has 4 atom stereocenters. The van der Waals surface area contributed by atoms with Gasteiger partial charge in [-0.25, -0.2) is 0 Å². The maximum absolute atomic E-state index is 12.5. The number of hydrogen-bond donors (Lipinski definition) is 2. The summed E-state index contributed by atoms with van der Waals surface area (Å²) in [5.74, 6) is -1.08. The molecule has 1 saturated heterocycles. The van der Waals surface area contributed by atoms with Gasteiger partial charge in [0, 0.05) is 24.0 Å². The van der Waals surface area contributed by atoms with Gasteiger partial charge >= 0.3 is 47.8 Å². The van der Waals surface area contributed by atoms with Gasteiger partial charge in [-0.3, -0.25) is 43.2 Å². The molecule has 117 heavy (non-hydrogen) atoms. The van der Waals surface area contributed by atoms with E-state index in [1.165, 1.54) is 64.5 Å². The molecular formula is C97H189N3O17. The van der Waals surface area contributed by atoms with Crippen LogP contribution in [-0.2, 0) is 81.0 Å². The summed E-state index contributed by atoms with van der Waals surface area (Å²) in [4.78, 5) is 112. The number of ether oxygens (including phenoxy) is 8. The molecule has 0 spiro atoms. The Morgan fingerprint density at radius 2 is 0.667 bits per heavy atom. The number of nitrogens with one attached hydrogen (secondary N) is 2. The zero-order valence-corrected chi connectivity index (χ0v) is 83.2. The molecule has 2 N–H and O–H groups in total. The molecule has 20 heteroatoms. The molecular weight excluding hydrogens is 1480 g/mol. The zero-order valence-electron chi connectivity index (χ0n) is 83.2. The fraction of sp³-hybridized carbons (Fsp3) is 0.907. The van der Waals surface area contributed by atoms with Crippen molar-refractivity contribution in [3.05, 3.63) is 0 Å². The number of carbonyl (C=O) groups is 9. The number of piperidine rings is 1. The minimum Gasteiger partial charge on any atom is -0.465 e. The van der Waals surface area contributed by atoms with Crippen LogP contribution in [0.5, 0.6) is 0 Å². The van der Waals surface area contributed by atoms with Gasteiger partial charge in [-0.15, -0.1) is 0 Å². The van der Waals surface area contributed by atoms with E-state index in [1.807, 2.05) is 201 Å². The summed E-state index contributed by atoms with van der Waals surface area (Å²) in [6.45, 7) is 81.2. The van der Waals surface area contributed by atoms with Crippen molar-refractivity contribution in [3.8, 4) is 0 Å². The Labute approximate surface area is 719 Å². The highest BCUT2D eigenvalue weighted by Crippen LogP contribution is 2.42. The van der Waals surface area contributed by atoms with Crippen molar-refractivity contribution >= 4 is 53.7 Å². The van der Waals surface area contributed by atoms with Gasteiger partial charge in [0.1, 0.15) is 6.61 Å². The third-order valence-electron chi connectivity index (χ3n) is 21.8. The first-order chi connectivity index (χ1) is 53.5.